The lowest BCUT2D eigenvalue weighted by Crippen LogP contribution is -2.53. The Morgan fingerprint density at radius 2 is 2.32 bits per heavy atom. The van der Waals surface area contributed by atoms with Crippen LogP contribution in [0.4, 0.5) is 5.82 Å². The Balaban J connectivity index is 2.57. The lowest BCUT2D eigenvalue weighted by Gasteiger charge is -2.31. The van der Waals surface area contributed by atoms with Gasteiger partial charge in [0.05, 0.1) is 19.8 Å². The van der Waals surface area contributed by atoms with Gasteiger partial charge in [0.25, 0.3) is 0 Å². The van der Waals surface area contributed by atoms with E-state index in [-0.39, 0.29) is 24.6 Å². The molecule has 5 N–H and O–H groups in total. The zero-order chi connectivity index (χ0) is 16.5. The lowest BCUT2D eigenvalue weighted by atomic mass is 10.1. The third kappa shape index (κ3) is 2.46. The summed E-state index contributed by atoms with van der Waals surface area (Å²) >= 11 is 0. The second-order valence-corrected chi connectivity index (χ2v) is 4.74. The van der Waals surface area contributed by atoms with Crippen LogP contribution in [0.15, 0.2) is 11.0 Å². The summed E-state index contributed by atoms with van der Waals surface area (Å²) in [6.07, 6.45) is -1.90. The topological polar surface area (TPSA) is 157 Å². The largest absolute Gasteiger partial charge is 0.462 e. The highest BCUT2D eigenvalue weighted by Crippen LogP contribution is 2.30. The van der Waals surface area contributed by atoms with Crippen molar-refractivity contribution in [3.05, 3.63) is 22.2 Å². The van der Waals surface area contributed by atoms with Crippen molar-refractivity contribution in [1.82, 2.24) is 9.55 Å². The number of aromatic nitrogens is 2. The maximum Gasteiger partial charge on any atom is 0.352 e. The molecule has 1 fully saturated rings. The maximum atomic E-state index is 12.0. The highest BCUT2D eigenvalue weighted by atomic mass is 16.6. The Morgan fingerprint density at radius 1 is 1.64 bits per heavy atom. The van der Waals surface area contributed by atoms with E-state index < -0.39 is 36.2 Å². The van der Waals surface area contributed by atoms with E-state index in [0.717, 1.165) is 10.8 Å². The number of carbonyl (C=O) groups is 1. The monoisotopic (exact) mass is 315 g/mol. The molecule has 0 aromatic carbocycles. The first-order valence-corrected chi connectivity index (χ1v) is 6.55. The van der Waals surface area contributed by atoms with Crippen molar-refractivity contribution in [2.45, 2.75) is 24.9 Å². The van der Waals surface area contributed by atoms with Crippen LogP contribution in [0.3, 0.4) is 0 Å². The number of nitrogens with two attached hydrogens (primary N) is 1. The van der Waals surface area contributed by atoms with Crippen LogP contribution in [-0.2, 0) is 15.2 Å². The Bertz CT molecular complexity index is 632. The number of nitrogen functional groups attached to an aromatic ring is 1. The number of aliphatic hydroxyl groups excluding tert-OH is 3. The normalized spacial score (nSPS) is 27.8. The molecule has 22 heavy (non-hydrogen) atoms. The minimum absolute atomic E-state index is 0.0837. The van der Waals surface area contributed by atoms with Crippen molar-refractivity contribution in [3.8, 4) is 0 Å². The van der Waals surface area contributed by atoms with E-state index in [0.29, 0.717) is 0 Å². The zero-order valence-corrected chi connectivity index (χ0v) is 11.8. The molecule has 1 aliphatic rings. The van der Waals surface area contributed by atoms with Gasteiger partial charge in [0.1, 0.15) is 23.6 Å². The number of nitrogens with zero attached hydrogens (tertiary/aromatic N) is 2. The van der Waals surface area contributed by atoms with E-state index in [2.05, 4.69) is 4.98 Å². The third-order valence-electron chi connectivity index (χ3n) is 3.42. The van der Waals surface area contributed by atoms with Crippen LogP contribution >= 0.6 is 0 Å². The molecule has 2 rings (SSSR count). The van der Waals surface area contributed by atoms with E-state index in [4.69, 9.17) is 15.2 Å². The van der Waals surface area contributed by atoms with Crippen LogP contribution in [0.25, 0.3) is 0 Å². The standard InChI is InChI=1S/C12H17N3O7/c1-2-21-10(19)6-3-15(11(20)14-9(6)13)12(5-16)8(18)7(17)4-22-12/h3,7-8,16-18H,2,4-5H2,1H3,(H2,13,14,20)/t7-,8+,12-/m0/s1. The number of hydrogen-bond donors (Lipinski definition) is 4. The SMILES string of the molecule is CCOC(=O)c1cn([C@@]2(CO)OC[C@H](O)[C@H]2O)c(=O)nc1N. The van der Waals surface area contributed by atoms with E-state index in [1.807, 2.05) is 0 Å². The molecule has 3 atom stereocenters. The smallest absolute Gasteiger partial charge is 0.352 e. The average molecular weight is 315 g/mol. The molecule has 1 aliphatic heterocycles. The average Bonchev–Trinajstić information content (AvgIpc) is 2.76. The molecule has 10 heteroatoms. The zero-order valence-electron chi connectivity index (χ0n) is 11.8. The van der Waals surface area contributed by atoms with Gasteiger partial charge in [-0.2, -0.15) is 4.98 Å². The van der Waals surface area contributed by atoms with Crippen LogP contribution in [0, 0.1) is 0 Å². The summed E-state index contributed by atoms with van der Waals surface area (Å²) in [6.45, 7) is 0.555. The first-order valence-electron chi connectivity index (χ1n) is 6.55. The van der Waals surface area contributed by atoms with Crippen molar-refractivity contribution < 1.29 is 29.6 Å². The summed E-state index contributed by atoms with van der Waals surface area (Å²) in [4.78, 5) is 27.3. The van der Waals surface area contributed by atoms with E-state index in [1.165, 1.54) is 0 Å². The van der Waals surface area contributed by atoms with Crippen molar-refractivity contribution in [3.63, 3.8) is 0 Å². The highest BCUT2D eigenvalue weighted by Gasteiger charge is 2.51. The van der Waals surface area contributed by atoms with Crippen LogP contribution in [-0.4, -0.2) is 62.9 Å². The molecule has 1 saturated heterocycles. The van der Waals surface area contributed by atoms with Gasteiger partial charge < -0.3 is 30.5 Å². The molecule has 1 aromatic heterocycles. The summed E-state index contributed by atoms with van der Waals surface area (Å²) < 4.78 is 10.7. The number of rotatable bonds is 4. The number of hydrogen-bond acceptors (Lipinski definition) is 9. The molecule has 1 aromatic rings. The van der Waals surface area contributed by atoms with Crippen LogP contribution in [0.1, 0.15) is 17.3 Å². The van der Waals surface area contributed by atoms with Crippen LogP contribution in [0.5, 0.6) is 0 Å². The summed E-state index contributed by atoms with van der Waals surface area (Å²) in [5, 5.41) is 29.2. The van der Waals surface area contributed by atoms with Crippen LogP contribution < -0.4 is 11.4 Å². The molecule has 0 unspecified atom stereocenters. The summed E-state index contributed by atoms with van der Waals surface area (Å²) in [7, 11) is 0. The number of carbonyl (C=O) groups excluding carboxylic acids is 1. The molecule has 2 heterocycles. The Hall–Kier alpha value is -2.01. The molecular formula is C12H17N3O7. The molecular weight excluding hydrogens is 298 g/mol. The molecule has 0 aliphatic carbocycles. The molecule has 0 saturated carbocycles. The molecule has 0 radical (unpaired) electrons. The minimum atomic E-state index is -1.95. The van der Waals surface area contributed by atoms with Crippen molar-refractivity contribution in [1.29, 1.82) is 0 Å². The predicted octanol–water partition coefficient (Wildman–Crippen LogP) is -2.60. The fourth-order valence-corrected chi connectivity index (χ4v) is 2.24. The van der Waals surface area contributed by atoms with Gasteiger partial charge in [0.15, 0.2) is 0 Å². The quantitative estimate of drug-likeness (QED) is 0.437. The minimum Gasteiger partial charge on any atom is -0.462 e. The van der Waals surface area contributed by atoms with Gasteiger partial charge in [-0.3, -0.25) is 4.57 Å². The molecule has 10 nitrogen and oxygen atoms in total. The Labute approximate surface area is 124 Å². The van der Waals surface area contributed by atoms with Crippen LogP contribution in [0.2, 0.25) is 0 Å². The van der Waals surface area contributed by atoms with E-state index >= 15 is 0 Å². The number of anilines is 1. The van der Waals surface area contributed by atoms with Crippen molar-refractivity contribution in [2.24, 2.45) is 0 Å². The number of aliphatic hydroxyl groups is 3. The van der Waals surface area contributed by atoms with Gasteiger partial charge in [-0.05, 0) is 6.92 Å². The van der Waals surface area contributed by atoms with Gasteiger partial charge in [-0.1, -0.05) is 0 Å². The fourth-order valence-electron chi connectivity index (χ4n) is 2.24. The van der Waals surface area contributed by atoms with Crippen molar-refractivity contribution >= 4 is 11.8 Å². The molecule has 0 spiro atoms. The lowest BCUT2D eigenvalue weighted by molar-refractivity contribution is -0.154. The second kappa shape index (κ2) is 6.01. The van der Waals surface area contributed by atoms with Gasteiger partial charge >= 0.3 is 11.7 Å². The fraction of sp³-hybridized carbons (Fsp3) is 0.583. The summed E-state index contributed by atoms with van der Waals surface area (Å²) in [6, 6.07) is 0. The number of esters is 1. The van der Waals surface area contributed by atoms with Gasteiger partial charge in [-0.25, -0.2) is 9.59 Å². The Kier molecular flexibility index (Phi) is 4.47. The molecule has 0 bridgehead atoms. The molecule has 0 amide bonds. The highest BCUT2D eigenvalue weighted by molar-refractivity contribution is 5.93. The van der Waals surface area contributed by atoms with E-state index in [9.17, 15) is 24.9 Å². The number of ether oxygens (including phenoxy) is 2. The summed E-state index contributed by atoms with van der Waals surface area (Å²) in [5.74, 6) is -1.16. The maximum absolute atomic E-state index is 12.0. The van der Waals surface area contributed by atoms with Crippen molar-refractivity contribution in [2.75, 3.05) is 25.6 Å². The third-order valence-corrected chi connectivity index (χ3v) is 3.42. The summed E-state index contributed by atoms with van der Waals surface area (Å²) in [5.41, 5.74) is 2.41. The first kappa shape index (κ1) is 16.4. The van der Waals surface area contributed by atoms with Gasteiger partial charge in [-0.15, -0.1) is 0 Å². The predicted molar refractivity (Wildman–Crippen MR) is 71.9 cm³/mol. The van der Waals surface area contributed by atoms with Gasteiger partial charge in [0.2, 0.25) is 5.72 Å². The van der Waals surface area contributed by atoms with E-state index in [1.54, 1.807) is 6.92 Å². The van der Waals surface area contributed by atoms with Gasteiger partial charge in [0, 0.05) is 6.20 Å². The second-order valence-electron chi connectivity index (χ2n) is 4.74. The Morgan fingerprint density at radius 3 is 2.82 bits per heavy atom. The first-order chi connectivity index (χ1) is 10.4. The molecule has 122 valence electrons.